The molecule has 7 nitrogen and oxygen atoms in total. The summed E-state index contributed by atoms with van der Waals surface area (Å²) >= 11 is 1.35. The lowest BCUT2D eigenvalue weighted by Crippen LogP contribution is -2.31. The van der Waals surface area contributed by atoms with Crippen molar-refractivity contribution in [3.8, 4) is 0 Å². The SMILES string of the molecule is CC(C)n1nnnc1SCC(=O)N(Cc1ccccc1)Cc1ccco1. The summed E-state index contributed by atoms with van der Waals surface area (Å²) in [6.45, 7) is 4.95. The van der Waals surface area contributed by atoms with Crippen molar-refractivity contribution in [1.82, 2.24) is 25.1 Å². The van der Waals surface area contributed by atoms with E-state index in [4.69, 9.17) is 4.42 Å². The number of nitrogens with zero attached hydrogens (tertiary/aromatic N) is 5. The number of thioether (sulfide) groups is 1. The summed E-state index contributed by atoms with van der Waals surface area (Å²) in [5.74, 6) is 1.03. The van der Waals surface area contributed by atoms with E-state index in [1.54, 1.807) is 15.8 Å². The van der Waals surface area contributed by atoms with E-state index >= 15 is 0 Å². The van der Waals surface area contributed by atoms with Crippen LogP contribution in [-0.2, 0) is 17.9 Å². The van der Waals surface area contributed by atoms with Crippen molar-refractivity contribution in [3.05, 3.63) is 60.1 Å². The zero-order chi connectivity index (χ0) is 18.4. The van der Waals surface area contributed by atoms with Crippen molar-refractivity contribution < 1.29 is 9.21 Å². The molecule has 0 atom stereocenters. The third-order valence-electron chi connectivity index (χ3n) is 3.77. The maximum atomic E-state index is 12.8. The van der Waals surface area contributed by atoms with Crippen LogP contribution in [0, 0.1) is 0 Å². The summed E-state index contributed by atoms with van der Waals surface area (Å²) in [4.78, 5) is 14.6. The average Bonchev–Trinajstić information content (AvgIpc) is 3.31. The van der Waals surface area contributed by atoms with Gasteiger partial charge in [0.05, 0.1) is 24.6 Å². The van der Waals surface area contributed by atoms with Gasteiger partial charge in [0.1, 0.15) is 5.76 Å². The number of aromatic nitrogens is 4. The van der Waals surface area contributed by atoms with Crippen LogP contribution < -0.4 is 0 Å². The minimum absolute atomic E-state index is 0.00793. The zero-order valence-electron chi connectivity index (χ0n) is 14.8. The van der Waals surface area contributed by atoms with Gasteiger partial charge in [-0.1, -0.05) is 42.1 Å². The van der Waals surface area contributed by atoms with Gasteiger partial charge < -0.3 is 9.32 Å². The molecule has 0 saturated carbocycles. The Bertz CT molecular complexity index is 817. The first kappa shape index (κ1) is 18.2. The summed E-state index contributed by atoms with van der Waals surface area (Å²) in [7, 11) is 0. The fourth-order valence-corrected chi connectivity index (χ4v) is 3.36. The highest BCUT2D eigenvalue weighted by atomic mass is 32.2. The molecule has 8 heteroatoms. The van der Waals surface area contributed by atoms with Crippen LogP contribution in [0.15, 0.2) is 58.3 Å². The van der Waals surface area contributed by atoms with Crippen LogP contribution in [0.3, 0.4) is 0 Å². The number of amides is 1. The molecule has 0 aliphatic carbocycles. The summed E-state index contributed by atoms with van der Waals surface area (Å²) in [5.41, 5.74) is 1.07. The molecule has 0 unspecified atom stereocenters. The first-order valence-corrected chi connectivity index (χ1v) is 9.37. The van der Waals surface area contributed by atoms with Crippen molar-refractivity contribution in [2.45, 2.75) is 38.1 Å². The fourth-order valence-electron chi connectivity index (χ4n) is 2.45. The lowest BCUT2D eigenvalue weighted by molar-refractivity contribution is -0.129. The standard InChI is InChI=1S/C18H21N5O2S/c1-14(2)23-18(19-20-21-23)26-13-17(24)22(12-16-9-6-10-25-16)11-15-7-4-3-5-8-15/h3-10,14H,11-13H2,1-2H3. The van der Waals surface area contributed by atoms with E-state index in [1.807, 2.05) is 56.3 Å². The zero-order valence-corrected chi connectivity index (χ0v) is 15.6. The molecule has 0 spiro atoms. The number of hydrogen-bond donors (Lipinski definition) is 0. The van der Waals surface area contributed by atoms with Gasteiger partial charge in [0, 0.05) is 6.54 Å². The largest absolute Gasteiger partial charge is 0.467 e. The molecule has 0 saturated heterocycles. The van der Waals surface area contributed by atoms with Crippen molar-refractivity contribution in [1.29, 1.82) is 0 Å². The van der Waals surface area contributed by atoms with E-state index in [0.717, 1.165) is 11.3 Å². The molecule has 0 fully saturated rings. The van der Waals surface area contributed by atoms with Crippen LogP contribution in [0.5, 0.6) is 0 Å². The van der Waals surface area contributed by atoms with Crippen LogP contribution in [-0.4, -0.2) is 36.8 Å². The Labute approximate surface area is 156 Å². The van der Waals surface area contributed by atoms with E-state index in [1.165, 1.54) is 11.8 Å². The third-order valence-corrected chi connectivity index (χ3v) is 4.69. The molecule has 26 heavy (non-hydrogen) atoms. The van der Waals surface area contributed by atoms with Gasteiger partial charge in [0.2, 0.25) is 11.1 Å². The van der Waals surface area contributed by atoms with Gasteiger partial charge in [-0.3, -0.25) is 4.79 Å². The number of tetrazole rings is 1. The highest BCUT2D eigenvalue weighted by Gasteiger charge is 2.18. The molecule has 2 heterocycles. The number of rotatable bonds is 8. The van der Waals surface area contributed by atoms with Gasteiger partial charge in [-0.05, 0) is 42.0 Å². The summed E-state index contributed by atoms with van der Waals surface area (Å²) in [6.07, 6.45) is 1.62. The van der Waals surface area contributed by atoms with Gasteiger partial charge in [0.15, 0.2) is 0 Å². The van der Waals surface area contributed by atoms with Crippen LogP contribution >= 0.6 is 11.8 Å². The van der Waals surface area contributed by atoms with Gasteiger partial charge in [-0.15, -0.1) is 5.10 Å². The third kappa shape index (κ3) is 4.72. The molecule has 0 N–H and O–H groups in total. The fraction of sp³-hybridized carbons (Fsp3) is 0.333. The second-order valence-corrected chi connectivity index (χ2v) is 7.05. The first-order valence-electron chi connectivity index (χ1n) is 8.38. The van der Waals surface area contributed by atoms with Gasteiger partial charge >= 0.3 is 0 Å². The van der Waals surface area contributed by atoms with E-state index in [9.17, 15) is 4.79 Å². The van der Waals surface area contributed by atoms with Crippen LogP contribution in [0.4, 0.5) is 0 Å². The Morgan fingerprint density at radius 1 is 1.19 bits per heavy atom. The maximum absolute atomic E-state index is 12.8. The molecule has 0 aliphatic rings. The highest BCUT2D eigenvalue weighted by molar-refractivity contribution is 7.99. The lowest BCUT2D eigenvalue weighted by atomic mass is 10.2. The van der Waals surface area contributed by atoms with E-state index in [2.05, 4.69) is 15.5 Å². The Balaban J connectivity index is 1.68. The molecular weight excluding hydrogens is 350 g/mol. The Kier molecular flexibility index (Phi) is 6.06. The van der Waals surface area contributed by atoms with Crippen molar-refractivity contribution in [3.63, 3.8) is 0 Å². The van der Waals surface area contributed by atoms with Crippen molar-refractivity contribution in [2.75, 3.05) is 5.75 Å². The van der Waals surface area contributed by atoms with Gasteiger partial charge in [-0.2, -0.15) is 0 Å². The first-order chi connectivity index (χ1) is 12.6. The molecule has 0 bridgehead atoms. The van der Waals surface area contributed by atoms with Gasteiger partial charge in [0.25, 0.3) is 0 Å². The quantitative estimate of drug-likeness (QED) is 0.566. The minimum Gasteiger partial charge on any atom is -0.467 e. The second-order valence-electron chi connectivity index (χ2n) is 6.10. The molecule has 1 amide bonds. The number of carbonyl (C=O) groups excluding carboxylic acids is 1. The summed E-state index contributed by atoms with van der Waals surface area (Å²) in [6, 6.07) is 13.8. The molecular formula is C18H21N5O2S. The van der Waals surface area contributed by atoms with Crippen LogP contribution in [0.25, 0.3) is 0 Å². The van der Waals surface area contributed by atoms with Crippen molar-refractivity contribution in [2.24, 2.45) is 0 Å². The average molecular weight is 371 g/mol. The summed E-state index contributed by atoms with van der Waals surface area (Å²) < 4.78 is 7.13. The number of furan rings is 1. The normalized spacial score (nSPS) is 11.0. The maximum Gasteiger partial charge on any atom is 0.233 e. The van der Waals surface area contributed by atoms with E-state index < -0.39 is 0 Å². The van der Waals surface area contributed by atoms with Gasteiger partial charge in [-0.25, -0.2) is 4.68 Å². The molecule has 0 radical (unpaired) electrons. The number of benzene rings is 1. The molecule has 0 aliphatic heterocycles. The Morgan fingerprint density at radius 3 is 2.69 bits per heavy atom. The molecule has 1 aromatic carbocycles. The number of hydrogen-bond acceptors (Lipinski definition) is 6. The monoisotopic (exact) mass is 371 g/mol. The summed E-state index contributed by atoms with van der Waals surface area (Å²) in [5, 5.41) is 12.3. The topological polar surface area (TPSA) is 77.1 Å². The lowest BCUT2D eigenvalue weighted by Gasteiger charge is -2.21. The van der Waals surface area contributed by atoms with Crippen LogP contribution in [0.1, 0.15) is 31.2 Å². The highest BCUT2D eigenvalue weighted by Crippen LogP contribution is 2.19. The van der Waals surface area contributed by atoms with Crippen molar-refractivity contribution >= 4 is 17.7 Å². The van der Waals surface area contributed by atoms with E-state index in [-0.39, 0.29) is 17.7 Å². The smallest absolute Gasteiger partial charge is 0.233 e. The second kappa shape index (κ2) is 8.66. The van der Waals surface area contributed by atoms with E-state index in [0.29, 0.717) is 18.2 Å². The molecule has 3 rings (SSSR count). The Morgan fingerprint density at radius 2 is 2.00 bits per heavy atom. The molecule has 136 valence electrons. The molecule has 2 aromatic heterocycles. The number of carbonyl (C=O) groups is 1. The minimum atomic E-state index is 0.00793. The predicted octanol–water partition coefficient (Wildman–Crippen LogP) is 3.17. The molecule has 3 aromatic rings. The van der Waals surface area contributed by atoms with Crippen LogP contribution in [0.2, 0.25) is 0 Å². The predicted molar refractivity (Wildman–Crippen MR) is 98.3 cm³/mol. The Hall–Kier alpha value is -2.61.